The lowest BCUT2D eigenvalue weighted by Crippen LogP contribution is -2.24. The maximum Gasteiger partial charge on any atom is 0.307 e. The van der Waals surface area contributed by atoms with E-state index in [9.17, 15) is 4.79 Å². The average molecular weight is 248 g/mol. The predicted molar refractivity (Wildman–Crippen MR) is 71.4 cm³/mol. The number of hydrogen-bond acceptors (Lipinski definition) is 3. The topological polar surface area (TPSA) is 48.0 Å². The monoisotopic (exact) mass is 248 g/mol. The Labute approximate surface area is 105 Å². The molecule has 2 aromatic rings. The van der Waals surface area contributed by atoms with Crippen LogP contribution in [-0.4, -0.2) is 4.57 Å². The van der Waals surface area contributed by atoms with Crippen molar-refractivity contribution in [2.24, 2.45) is 5.73 Å². The van der Waals surface area contributed by atoms with E-state index in [4.69, 9.17) is 5.73 Å². The van der Waals surface area contributed by atoms with Gasteiger partial charge in [0.1, 0.15) is 0 Å². The maximum atomic E-state index is 11.8. The Morgan fingerprint density at radius 3 is 2.47 bits per heavy atom. The molecule has 1 atom stereocenters. The SMILES string of the molecule is Cc1sc(=O)n(CC(N)c2ccccc2)c1C. The third kappa shape index (κ3) is 2.48. The van der Waals surface area contributed by atoms with Crippen LogP contribution in [0.15, 0.2) is 35.1 Å². The third-order valence-electron chi connectivity index (χ3n) is 2.98. The molecule has 0 saturated carbocycles. The normalized spacial score (nSPS) is 12.6. The van der Waals surface area contributed by atoms with Gasteiger partial charge in [-0.1, -0.05) is 41.7 Å². The lowest BCUT2D eigenvalue weighted by molar-refractivity contribution is 0.559. The van der Waals surface area contributed by atoms with E-state index in [0.29, 0.717) is 6.54 Å². The Morgan fingerprint density at radius 1 is 1.29 bits per heavy atom. The molecule has 90 valence electrons. The lowest BCUT2D eigenvalue weighted by atomic mass is 10.1. The molecule has 1 unspecified atom stereocenters. The molecule has 0 aliphatic heterocycles. The molecule has 0 amide bonds. The van der Waals surface area contributed by atoms with E-state index >= 15 is 0 Å². The summed E-state index contributed by atoms with van der Waals surface area (Å²) in [5.74, 6) is 0. The van der Waals surface area contributed by atoms with Gasteiger partial charge in [-0.3, -0.25) is 4.79 Å². The zero-order chi connectivity index (χ0) is 12.4. The van der Waals surface area contributed by atoms with E-state index in [2.05, 4.69) is 0 Å². The van der Waals surface area contributed by atoms with E-state index in [0.717, 1.165) is 16.1 Å². The molecule has 1 aromatic carbocycles. The van der Waals surface area contributed by atoms with Gasteiger partial charge in [-0.05, 0) is 19.4 Å². The number of aryl methyl sites for hydroxylation is 1. The smallest absolute Gasteiger partial charge is 0.307 e. The summed E-state index contributed by atoms with van der Waals surface area (Å²) in [4.78, 5) is 12.9. The van der Waals surface area contributed by atoms with Crippen LogP contribution in [0.1, 0.15) is 22.2 Å². The molecule has 0 spiro atoms. The van der Waals surface area contributed by atoms with Crippen molar-refractivity contribution >= 4 is 11.3 Å². The van der Waals surface area contributed by atoms with Crippen molar-refractivity contribution in [2.75, 3.05) is 0 Å². The molecule has 1 heterocycles. The summed E-state index contributed by atoms with van der Waals surface area (Å²) in [6, 6.07) is 9.73. The molecule has 2 rings (SSSR count). The van der Waals surface area contributed by atoms with Gasteiger partial charge < -0.3 is 10.3 Å². The van der Waals surface area contributed by atoms with Crippen LogP contribution in [0, 0.1) is 13.8 Å². The first-order valence-electron chi connectivity index (χ1n) is 5.57. The van der Waals surface area contributed by atoms with Gasteiger partial charge in [-0.2, -0.15) is 0 Å². The maximum absolute atomic E-state index is 11.8. The van der Waals surface area contributed by atoms with Crippen molar-refractivity contribution in [3.63, 3.8) is 0 Å². The summed E-state index contributed by atoms with van der Waals surface area (Å²) in [5.41, 5.74) is 8.20. The Morgan fingerprint density at radius 2 is 1.94 bits per heavy atom. The van der Waals surface area contributed by atoms with E-state index < -0.39 is 0 Å². The molecule has 17 heavy (non-hydrogen) atoms. The quantitative estimate of drug-likeness (QED) is 0.905. The average Bonchev–Trinajstić information content (AvgIpc) is 2.57. The molecular formula is C13H16N2OS. The molecule has 0 radical (unpaired) electrons. The zero-order valence-corrected chi connectivity index (χ0v) is 10.8. The molecule has 4 heteroatoms. The second-order valence-corrected chi connectivity index (χ2v) is 5.30. The molecular weight excluding hydrogens is 232 g/mol. The van der Waals surface area contributed by atoms with Gasteiger partial charge >= 0.3 is 4.87 Å². The number of hydrogen-bond donors (Lipinski definition) is 1. The first-order chi connectivity index (χ1) is 8.09. The van der Waals surface area contributed by atoms with Crippen molar-refractivity contribution in [1.29, 1.82) is 0 Å². The molecule has 0 bridgehead atoms. The Balaban J connectivity index is 2.25. The molecule has 3 nitrogen and oxygen atoms in total. The van der Waals surface area contributed by atoms with Crippen molar-refractivity contribution in [3.8, 4) is 0 Å². The molecule has 0 aliphatic rings. The van der Waals surface area contributed by atoms with Crippen LogP contribution < -0.4 is 10.6 Å². The Kier molecular flexibility index (Phi) is 3.45. The van der Waals surface area contributed by atoms with Gasteiger partial charge in [0.05, 0.1) is 0 Å². The minimum absolute atomic E-state index is 0.0754. The third-order valence-corrected chi connectivity index (χ3v) is 3.98. The van der Waals surface area contributed by atoms with Crippen LogP contribution in [0.5, 0.6) is 0 Å². The Hall–Kier alpha value is -1.39. The second-order valence-electron chi connectivity index (χ2n) is 4.14. The lowest BCUT2D eigenvalue weighted by Gasteiger charge is -2.13. The highest BCUT2D eigenvalue weighted by molar-refractivity contribution is 7.09. The fourth-order valence-electron chi connectivity index (χ4n) is 1.80. The summed E-state index contributed by atoms with van der Waals surface area (Å²) >= 11 is 1.28. The van der Waals surface area contributed by atoms with Gasteiger partial charge in [-0.15, -0.1) is 0 Å². The van der Waals surface area contributed by atoms with Crippen molar-refractivity contribution in [1.82, 2.24) is 4.57 Å². The fraction of sp³-hybridized carbons (Fsp3) is 0.308. The first-order valence-corrected chi connectivity index (χ1v) is 6.38. The largest absolute Gasteiger partial charge is 0.322 e. The van der Waals surface area contributed by atoms with Gasteiger partial charge in [0.2, 0.25) is 0 Å². The molecule has 0 saturated heterocycles. The van der Waals surface area contributed by atoms with Crippen LogP contribution in [-0.2, 0) is 6.54 Å². The van der Waals surface area contributed by atoms with Crippen LogP contribution in [0.3, 0.4) is 0 Å². The standard InChI is InChI=1S/C13H16N2OS/c1-9-10(2)17-13(16)15(9)8-12(14)11-6-4-3-5-7-11/h3-7,12H,8,14H2,1-2H3. The van der Waals surface area contributed by atoms with E-state index in [1.165, 1.54) is 11.3 Å². The summed E-state index contributed by atoms with van der Waals surface area (Å²) in [7, 11) is 0. The Bertz CT molecular complexity index is 557. The van der Waals surface area contributed by atoms with Gasteiger partial charge in [-0.25, -0.2) is 0 Å². The zero-order valence-electron chi connectivity index (χ0n) is 10.0. The summed E-state index contributed by atoms with van der Waals surface area (Å²) in [5, 5.41) is 0. The van der Waals surface area contributed by atoms with Crippen LogP contribution >= 0.6 is 11.3 Å². The fourth-order valence-corrected chi connectivity index (χ4v) is 2.64. The highest BCUT2D eigenvalue weighted by Crippen LogP contribution is 2.15. The van der Waals surface area contributed by atoms with Crippen molar-refractivity contribution < 1.29 is 0 Å². The highest BCUT2D eigenvalue weighted by atomic mass is 32.1. The number of thiazole rings is 1. The summed E-state index contributed by atoms with van der Waals surface area (Å²) in [6.45, 7) is 4.47. The van der Waals surface area contributed by atoms with Crippen molar-refractivity contribution in [2.45, 2.75) is 26.4 Å². The first kappa shape index (κ1) is 12.1. The highest BCUT2D eigenvalue weighted by Gasteiger charge is 2.12. The number of aromatic nitrogens is 1. The van der Waals surface area contributed by atoms with Gasteiger partial charge in [0.15, 0.2) is 0 Å². The summed E-state index contributed by atoms with van der Waals surface area (Å²) < 4.78 is 1.76. The summed E-state index contributed by atoms with van der Waals surface area (Å²) in [6.07, 6.45) is 0. The number of nitrogens with zero attached hydrogens (tertiary/aromatic N) is 1. The predicted octanol–water partition coefficient (Wildman–Crippen LogP) is 2.23. The van der Waals surface area contributed by atoms with Gasteiger partial charge in [0, 0.05) is 23.2 Å². The minimum atomic E-state index is -0.137. The minimum Gasteiger partial charge on any atom is -0.322 e. The molecule has 0 fully saturated rings. The van der Waals surface area contributed by atoms with Gasteiger partial charge in [0.25, 0.3) is 0 Å². The van der Waals surface area contributed by atoms with Crippen LogP contribution in [0.4, 0.5) is 0 Å². The number of rotatable bonds is 3. The van der Waals surface area contributed by atoms with E-state index in [1.54, 1.807) is 4.57 Å². The number of nitrogens with two attached hydrogens (primary N) is 1. The molecule has 0 aliphatic carbocycles. The number of benzene rings is 1. The molecule has 1 aromatic heterocycles. The van der Waals surface area contributed by atoms with Crippen LogP contribution in [0.25, 0.3) is 0 Å². The van der Waals surface area contributed by atoms with Crippen LogP contribution in [0.2, 0.25) is 0 Å². The molecule has 2 N–H and O–H groups in total. The second kappa shape index (κ2) is 4.85. The van der Waals surface area contributed by atoms with E-state index in [1.807, 2.05) is 44.2 Å². The van der Waals surface area contributed by atoms with Crippen molar-refractivity contribution in [3.05, 3.63) is 56.1 Å². The van der Waals surface area contributed by atoms with E-state index in [-0.39, 0.29) is 10.9 Å².